The van der Waals surface area contributed by atoms with Crippen molar-refractivity contribution in [3.8, 4) is 0 Å². The van der Waals surface area contributed by atoms with Crippen molar-refractivity contribution in [3.63, 3.8) is 0 Å². The molecule has 0 aliphatic heterocycles. The van der Waals surface area contributed by atoms with E-state index in [0.717, 1.165) is 11.3 Å². The van der Waals surface area contributed by atoms with E-state index in [1.54, 1.807) is 35.1 Å². The summed E-state index contributed by atoms with van der Waals surface area (Å²) >= 11 is 0. The van der Waals surface area contributed by atoms with Crippen molar-refractivity contribution in [2.75, 3.05) is 11.5 Å². The minimum atomic E-state index is -1.74. The van der Waals surface area contributed by atoms with Crippen LogP contribution in [0.5, 0.6) is 0 Å². The summed E-state index contributed by atoms with van der Waals surface area (Å²) in [5.74, 6) is -11.9. The van der Waals surface area contributed by atoms with Gasteiger partial charge in [-0.3, -0.25) is 76.7 Å². The van der Waals surface area contributed by atoms with Gasteiger partial charge in [-0.1, -0.05) is 58.8 Å². The second-order valence-corrected chi connectivity index (χ2v) is 32.5. The van der Waals surface area contributed by atoms with Crippen LogP contribution >= 0.6 is 21.6 Å². The van der Waals surface area contributed by atoms with Crippen LogP contribution in [-0.4, -0.2) is 205 Å². The van der Waals surface area contributed by atoms with Gasteiger partial charge in [0.2, 0.25) is 94.5 Å². The fraction of sp³-hybridized carbons (Fsp3) is 0.662. The number of carbonyl (C=O) groups is 17. The molecule has 0 fully saturated rings. The van der Waals surface area contributed by atoms with Gasteiger partial charge in [0.05, 0.1) is 0 Å². The molecule has 0 saturated carbocycles. The van der Waals surface area contributed by atoms with E-state index in [0.29, 0.717) is 5.75 Å². The first-order valence-corrected chi connectivity index (χ1v) is 36.3. The van der Waals surface area contributed by atoms with Gasteiger partial charge in [-0.25, -0.2) is 4.79 Å². The zero-order valence-electron chi connectivity index (χ0n) is 64.5. The zero-order chi connectivity index (χ0) is 80.8. The monoisotopic (exact) mass is 1500 g/mol. The Bertz CT molecular complexity index is 3360. The maximum Gasteiger partial charge on any atom is 0.331 e. The van der Waals surface area contributed by atoms with Gasteiger partial charge in [0, 0.05) is 17.9 Å². The molecule has 0 spiro atoms. The van der Waals surface area contributed by atoms with Gasteiger partial charge in [-0.05, 0) is 172 Å². The number of esters is 1. The molecule has 8 atom stereocenters. The molecular weight excluding hydrogens is 1390 g/mol. The summed E-state index contributed by atoms with van der Waals surface area (Å²) in [7, 11) is 3.13. The molecule has 0 aliphatic rings. The minimum absolute atomic E-state index is 0.0286. The molecule has 0 aliphatic carbocycles. The highest BCUT2D eigenvalue weighted by Gasteiger charge is 2.43. The molecule has 0 saturated heterocycles. The highest BCUT2D eigenvalue weighted by Crippen LogP contribution is 2.21. The van der Waals surface area contributed by atoms with E-state index in [-0.39, 0.29) is 18.9 Å². The van der Waals surface area contributed by atoms with Gasteiger partial charge in [0.1, 0.15) is 99.3 Å². The van der Waals surface area contributed by atoms with E-state index < -0.39 is 187 Å². The summed E-state index contributed by atoms with van der Waals surface area (Å²) in [4.78, 5) is 225. The average Bonchev–Trinajstić information content (AvgIpc) is 0.835. The van der Waals surface area contributed by atoms with Crippen LogP contribution in [0.25, 0.3) is 0 Å². The van der Waals surface area contributed by atoms with E-state index >= 15 is 0 Å². The van der Waals surface area contributed by atoms with Gasteiger partial charge in [-0.15, -0.1) is 0 Å². The van der Waals surface area contributed by atoms with Crippen molar-refractivity contribution in [1.29, 1.82) is 0 Å². The molecule has 34 nitrogen and oxygen atoms in total. The van der Waals surface area contributed by atoms with Crippen LogP contribution in [0.3, 0.4) is 0 Å². The van der Waals surface area contributed by atoms with E-state index in [1.807, 2.05) is 13.0 Å². The number of hydrogen-bond donors (Lipinski definition) is 16. The van der Waals surface area contributed by atoms with Crippen LogP contribution in [0.4, 0.5) is 0 Å². The lowest BCUT2D eigenvalue weighted by molar-refractivity contribution is -0.153. The SMILES string of the molecule is CCSSCCC(=O)N[C@@H](C)C(=O)NC(C)(C)C(=O)N[C@@H](C)C(=O)NC(C)(C)C(=O)N[C@@H](C)C(=O)NC(C)(C)C(=O)N[C@@H](C)C(=O)NC(C)(C)C(=O)N[C@@H](C)C(=O)NC(C)(C)C(=O)N[C@@H](C)C(=O)NC(C)(C)C(=O)N[C@@H](C)C(=O)NC(C)(C)C(=O)N[C@@H](C)C(=O)NC(C)(C)C(=O)OCc1ccccc1. The smallest absolute Gasteiger partial charge is 0.331 e. The largest absolute Gasteiger partial charge is 0.459 e. The van der Waals surface area contributed by atoms with Crippen molar-refractivity contribution < 1.29 is 86.2 Å². The Morgan fingerprint density at radius 2 is 0.510 bits per heavy atom. The van der Waals surface area contributed by atoms with Crippen molar-refractivity contribution in [3.05, 3.63) is 35.9 Å². The number of nitrogens with one attached hydrogen (secondary N) is 16. The summed E-state index contributed by atoms with van der Waals surface area (Å²) in [5, 5.41) is 40.0. The van der Waals surface area contributed by atoms with Crippen LogP contribution in [0.1, 0.15) is 185 Å². The van der Waals surface area contributed by atoms with Crippen molar-refractivity contribution in [1.82, 2.24) is 85.1 Å². The van der Waals surface area contributed by atoms with E-state index in [1.165, 1.54) is 177 Å². The second-order valence-electron chi connectivity index (χ2n) is 29.6. The Morgan fingerprint density at radius 3 is 0.721 bits per heavy atom. The number of benzene rings is 1. The summed E-state index contributed by atoms with van der Waals surface area (Å²) in [5.41, 5.74) is -12.5. The lowest BCUT2D eigenvalue weighted by Gasteiger charge is -2.32. The molecule has 1 rings (SSSR count). The predicted molar refractivity (Wildman–Crippen MR) is 390 cm³/mol. The molecular formula is C68H112N16O18S2. The number of rotatable bonds is 39. The number of amides is 16. The molecule has 36 heteroatoms. The van der Waals surface area contributed by atoms with Crippen LogP contribution < -0.4 is 85.1 Å². The second kappa shape index (κ2) is 38.6. The molecule has 0 bridgehead atoms. The number of ether oxygens (including phenoxy) is 1. The number of hydrogen-bond acceptors (Lipinski definition) is 20. The Hall–Kier alpha value is -9.09. The third-order valence-corrected chi connectivity index (χ3v) is 18.2. The summed E-state index contributed by atoms with van der Waals surface area (Å²) < 4.78 is 5.35. The molecule has 584 valence electrons. The first-order valence-electron chi connectivity index (χ1n) is 33.8. The molecule has 0 unspecified atom stereocenters. The van der Waals surface area contributed by atoms with Crippen LogP contribution in [-0.2, 0) is 92.9 Å². The van der Waals surface area contributed by atoms with Crippen LogP contribution in [0.15, 0.2) is 30.3 Å². The molecule has 16 N–H and O–H groups in total. The predicted octanol–water partition coefficient (Wildman–Crippen LogP) is -1.28. The molecule has 16 amide bonds. The first kappa shape index (κ1) is 92.9. The fourth-order valence-electron chi connectivity index (χ4n) is 8.44. The van der Waals surface area contributed by atoms with Gasteiger partial charge in [-0.2, -0.15) is 0 Å². The Labute approximate surface area is 616 Å². The standard InChI is InChI=1S/C68H112N16O18S2/c1-26-103-104-33-32-44(85)69-35(2)45(86)77-61(10,11)53(94)70-36(3)46(87)78-62(12,13)54(95)71-37(4)47(88)79-63(14,15)55(96)72-38(5)48(89)80-64(16,17)56(97)73-39(6)49(90)81-65(18,19)57(98)74-40(7)50(91)82-66(20,21)58(99)75-41(8)51(92)83-67(22,23)59(100)76-42(9)52(93)84-68(24,25)60(101)102-34-43-30-28-27-29-31-43/h27-31,35-42H,26,32-34H2,1-25H3,(H,69,85)(H,70,94)(H,71,95)(H,72,96)(H,73,97)(H,74,98)(H,75,99)(H,76,100)(H,77,86)(H,78,87)(H,79,88)(H,80,89)(H,81,90)(H,82,91)(H,83,92)(H,84,93)/t35-,36-,37-,38-,39-,40-,41-,42-/m0/s1. The molecule has 0 heterocycles. The van der Waals surface area contributed by atoms with E-state index in [9.17, 15) is 81.5 Å². The Kier molecular flexibility index (Phi) is 34.5. The number of carbonyl (C=O) groups excluding carboxylic acids is 17. The van der Waals surface area contributed by atoms with Crippen molar-refractivity contribution in [2.24, 2.45) is 0 Å². The zero-order valence-corrected chi connectivity index (χ0v) is 66.1. The van der Waals surface area contributed by atoms with Crippen LogP contribution in [0, 0.1) is 0 Å². The van der Waals surface area contributed by atoms with Crippen molar-refractivity contribution in [2.45, 2.75) is 279 Å². The first-order chi connectivity index (χ1) is 47.3. The quantitative estimate of drug-likeness (QED) is 0.0207. The third-order valence-electron chi connectivity index (χ3n) is 15.8. The third kappa shape index (κ3) is 29.9. The Balaban J connectivity index is 2.78. The summed E-state index contributed by atoms with van der Waals surface area (Å²) in [6.07, 6.45) is 0.191. The lowest BCUT2D eigenvalue weighted by Crippen LogP contribution is -2.65. The van der Waals surface area contributed by atoms with Crippen LogP contribution in [0.2, 0.25) is 0 Å². The molecule has 1 aromatic carbocycles. The topological polar surface area (TPSA) is 492 Å². The highest BCUT2D eigenvalue weighted by atomic mass is 33.1. The Morgan fingerprint density at radius 1 is 0.308 bits per heavy atom. The van der Waals surface area contributed by atoms with Gasteiger partial charge in [0.25, 0.3) is 0 Å². The fourth-order valence-corrected chi connectivity index (χ4v) is 10.1. The van der Waals surface area contributed by atoms with Gasteiger partial charge >= 0.3 is 5.97 Å². The van der Waals surface area contributed by atoms with E-state index in [4.69, 9.17) is 4.74 Å². The van der Waals surface area contributed by atoms with Gasteiger partial charge in [0.15, 0.2) is 0 Å². The normalized spacial score (nSPS) is 14.4. The molecule has 0 aromatic heterocycles. The van der Waals surface area contributed by atoms with Crippen molar-refractivity contribution >= 4 is 122 Å². The lowest BCUT2D eigenvalue weighted by atomic mass is 10.0. The molecule has 104 heavy (non-hydrogen) atoms. The maximum absolute atomic E-state index is 13.6. The van der Waals surface area contributed by atoms with Gasteiger partial charge < -0.3 is 89.8 Å². The average molecular weight is 1510 g/mol. The minimum Gasteiger partial charge on any atom is -0.459 e. The molecule has 0 radical (unpaired) electrons. The molecule has 1 aromatic rings. The highest BCUT2D eigenvalue weighted by molar-refractivity contribution is 8.76. The van der Waals surface area contributed by atoms with E-state index in [2.05, 4.69) is 85.1 Å². The summed E-state index contributed by atoms with van der Waals surface area (Å²) in [6, 6.07) is -1.08. The summed E-state index contributed by atoms with van der Waals surface area (Å²) in [6.45, 7) is 34.2. The maximum atomic E-state index is 13.6.